The molecule has 0 saturated heterocycles. The Hall–Kier alpha value is 1.29. The third-order valence-corrected chi connectivity index (χ3v) is 3.93. The second kappa shape index (κ2) is 19.3. The average molecular weight is 343 g/mol. The van der Waals surface area contributed by atoms with Crippen LogP contribution < -0.4 is 0 Å². The standard InChI is InChI=1S/C12H22.2C2H5.2ClH.Ti/c1-2-6-11(5-1)9-10-12-7-3-4-8-12;2*1-2;;;/h11-12H,1-10H2;2*1H2,2H3;2*1H;/q;2*-1;;;+2/p-2. The van der Waals surface area contributed by atoms with Crippen LogP contribution in [0.1, 0.15) is 78.1 Å². The molecule has 2 aliphatic rings. The van der Waals surface area contributed by atoms with Crippen molar-refractivity contribution in [3.05, 3.63) is 13.8 Å². The molecule has 0 N–H and O–H groups in total. The van der Waals surface area contributed by atoms with Gasteiger partial charge in [0.15, 0.2) is 0 Å². The summed E-state index contributed by atoms with van der Waals surface area (Å²) in [6.45, 7) is 10.0. The van der Waals surface area contributed by atoms with Gasteiger partial charge in [0, 0.05) is 0 Å². The second-order valence-corrected chi connectivity index (χ2v) is 7.53. The van der Waals surface area contributed by atoms with E-state index in [9.17, 15) is 0 Å². The first-order valence-electron chi connectivity index (χ1n) is 7.74. The summed E-state index contributed by atoms with van der Waals surface area (Å²) in [6.07, 6.45) is 15.4. The summed E-state index contributed by atoms with van der Waals surface area (Å²) in [6, 6.07) is 0. The fourth-order valence-corrected chi connectivity index (χ4v) is 3.07. The average Bonchev–Trinajstić information content (AvgIpc) is 3.15. The summed E-state index contributed by atoms with van der Waals surface area (Å²) in [5.41, 5.74) is 0. The molecular formula is C16H32Cl2Ti-2. The third-order valence-electron chi connectivity index (χ3n) is 3.93. The topological polar surface area (TPSA) is 0 Å². The first kappa shape index (κ1) is 22.6. The van der Waals surface area contributed by atoms with E-state index in [0.717, 1.165) is 11.8 Å². The Balaban J connectivity index is 0. The minimum atomic E-state index is -0.556. The Morgan fingerprint density at radius 3 is 1.16 bits per heavy atom. The van der Waals surface area contributed by atoms with E-state index in [4.69, 9.17) is 18.6 Å². The molecule has 116 valence electrons. The predicted molar refractivity (Wildman–Crippen MR) is 86.9 cm³/mol. The van der Waals surface area contributed by atoms with Gasteiger partial charge in [0.2, 0.25) is 0 Å². The molecule has 0 atom stereocenters. The Kier molecular flexibility index (Phi) is 22.9. The van der Waals surface area contributed by atoms with Gasteiger partial charge in [0.05, 0.1) is 0 Å². The molecule has 0 aromatic rings. The number of hydrogen-bond acceptors (Lipinski definition) is 0. The van der Waals surface area contributed by atoms with Gasteiger partial charge in [0.1, 0.15) is 0 Å². The molecule has 0 aliphatic heterocycles. The molecule has 3 heteroatoms. The quantitative estimate of drug-likeness (QED) is 0.375. The Morgan fingerprint density at radius 2 is 0.947 bits per heavy atom. The van der Waals surface area contributed by atoms with Crippen molar-refractivity contribution in [2.24, 2.45) is 11.8 Å². The molecule has 2 aliphatic carbocycles. The monoisotopic (exact) mass is 342 g/mol. The zero-order chi connectivity index (χ0) is 14.9. The predicted octanol–water partition coefficient (Wildman–Crippen LogP) is 7.20. The van der Waals surface area contributed by atoms with Crippen LogP contribution in [0.15, 0.2) is 0 Å². The van der Waals surface area contributed by atoms with E-state index in [2.05, 4.69) is 13.8 Å². The van der Waals surface area contributed by atoms with Crippen LogP contribution in [0.2, 0.25) is 0 Å². The van der Waals surface area contributed by atoms with Gasteiger partial charge in [0.25, 0.3) is 0 Å². The van der Waals surface area contributed by atoms with E-state index in [0.29, 0.717) is 0 Å². The SMILES string of the molecule is C1CCC(CCC2CCCC2)C1.[CH2-]C.[CH2-]C.[Cl][Ti][Cl]. The van der Waals surface area contributed by atoms with E-state index in [1.54, 1.807) is 52.4 Å². The zero-order valence-corrected chi connectivity index (χ0v) is 16.0. The summed E-state index contributed by atoms with van der Waals surface area (Å²) < 4.78 is 0. The fourth-order valence-electron chi connectivity index (χ4n) is 3.07. The van der Waals surface area contributed by atoms with E-state index < -0.39 is 17.0 Å². The number of halogens is 2. The Morgan fingerprint density at radius 1 is 0.737 bits per heavy atom. The van der Waals surface area contributed by atoms with Gasteiger partial charge in [-0.25, -0.2) is 0 Å². The molecule has 0 aromatic carbocycles. The van der Waals surface area contributed by atoms with Crippen LogP contribution in [0.25, 0.3) is 0 Å². The summed E-state index contributed by atoms with van der Waals surface area (Å²) >= 11 is -0.556. The van der Waals surface area contributed by atoms with Gasteiger partial charge in [-0.2, -0.15) is 13.8 Å². The Bertz CT molecular complexity index is 126. The van der Waals surface area contributed by atoms with Crippen molar-refractivity contribution in [1.29, 1.82) is 0 Å². The van der Waals surface area contributed by atoms with Gasteiger partial charge in [-0.1, -0.05) is 64.2 Å². The van der Waals surface area contributed by atoms with Crippen molar-refractivity contribution >= 4 is 18.6 Å². The molecule has 0 amide bonds. The molecule has 0 radical (unpaired) electrons. The Labute approximate surface area is 139 Å². The molecule has 2 rings (SSSR count). The van der Waals surface area contributed by atoms with E-state index in [1.807, 2.05) is 0 Å². The van der Waals surface area contributed by atoms with Crippen molar-refractivity contribution in [2.75, 3.05) is 0 Å². The molecule has 0 unspecified atom stereocenters. The summed E-state index contributed by atoms with van der Waals surface area (Å²) in [5, 5.41) is 0. The maximum atomic E-state index is 4.89. The van der Waals surface area contributed by atoms with Crippen LogP contribution in [0.4, 0.5) is 0 Å². The molecule has 0 heterocycles. The number of rotatable bonds is 3. The zero-order valence-electron chi connectivity index (χ0n) is 12.9. The normalized spacial score (nSPS) is 18.4. The van der Waals surface area contributed by atoms with Gasteiger partial charge in [-0.05, 0) is 11.8 Å². The fraction of sp³-hybridized carbons (Fsp3) is 0.875. The number of hydrogen-bond donors (Lipinski definition) is 0. The third kappa shape index (κ3) is 14.0. The maximum absolute atomic E-state index is 4.89. The van der Waals surface area contributed by atoms with Crippen LogP contribution >= 0.6 is 18.6 Å². The minimum absolute atomic E-state index is 0.556. The molecule has 0 nitrogen and oxygen atoms in total. The van der Waals surface area contributed by atoms with E-state index >= 15 is 0 Å². The van der Waals surface area contributed by atoms with Crippen molar-refractivity contribution in [3.8, 4) is 0 Å². The van der Waals surface area contributed by atoms with Gasteiger partial charge in [-0.3, -0.25) is 0 Å². The molecule has 2 saturated carbocycles. The first-order valence-corrected chi connectivity index (χ1v) is 12.0. The summed E-state index contributed by atoms with van der Waals surface area (Å²) in [5.74, 6) is 2.26. The molecule has 0 spiro atoms. The van der Waals surface area contributed by atoms with Gasteiger partial charge in [-0.15, -0.1) is 0 Å². The van der Waals surface area contributed by atoms with Crippen molar-refractivity contribution in [3.63, 3.8) is 0 Å². The van der Waals surface area contributed by atoms with Gasteiger partial charge < -0.3 is 13.8 Å². The van der Waals surface area contributed by atoms with Crippen LogP contribution in [0.5, 0.6) is 0 Å². The molecule has 19 heavy (non-hydrogen) atoms. The first-order chi connectivity index (χ1) is 9.36. The van der Waals surface area contributed by atoms with E-state index in [-0.39, 0.29) is 0 Å². The van der Waals surface area contributed by atoms with Gasteiger partial charge >= 0.3 is 35.6 Å². The molecule has 0 bridgehead atoms. The summed E-state index contributed by atoms with van der Waals surface area (Å²) in [7, 11) is 9.78. The summed E-state index contributed by atoms with van der Waals surface area (Å²) in [4.78, 5) is 0. The molecule has 2 fully saturated rings. The van der Waals surface area contributed by atoms with Crippen molar-refractivity contribution in [2.45, 2.75) is 78.1 Å². The van der Waals surface area contributed by atoms with Crippen molar-refractivity contribution in [1.82, 2.24) is 0 Å². The molecule has 0 aromatic heterocycles. The second-order valence-electron chi connectivity index (χ2n) is 4.95. The van der Waals surface area contributed by atoms with Crippen LogP contribution in [0.3, 0.4) is 0 Å². The van der Waals surface area contributed by atoms with Crippen molar-refractivity contribution < 1.29 is 17.0 Å². The van der Waals surface area contributed by atoms with Crippen LogP contribution in [0, 0.1) is 25.7 Å². The van der Waals surface area contributed by atoms with Crippen LogP contribution in [-0.2, 0) is 17.0 Å². The van der Waals surface area contributed by atoms with E-state index in [1.165, 1.54) is 25.7 Å². The van der Waals surface area contributed by atoms with Crippen LogP contribution in [-0.4, -0.2) is 0 Å². The molecular weight excluding hydrogens is 311 g/mol.